The highest BCUT2D eigenvalue weighted by molar-refractivity contribution is 7.14. The molecular formula is C15H20N2OS2. The van der Waals surface area contributed by atoms with Crippen molar-refractivity contribution >= 4 is 22.7 Å². The van der Waals surface area contributed by atoms with Crippen LogP contribution in [-0.4, -0.2) is 34.7 Å². The molecular weight excluding hydrogens is 288 g/mol. The van der Waals surface area contributed by atoms with Gasteiger partial charge in [0.2, 0.25) is 0 Å². The number of hydrogen-bond donors (Lipinski definition) is 1. The molecule has 1 aliphatic rings. The van der Waals surface area contributed by atoms with Gasteiger partial charge in [0, 0.05) is 29.4 Å². The van der Waals surface area contributed by atoms with Gasteiger partial charge in [-0.15, -0.1) is 11.3 Å². The topological polar surface area (TPSA) is 36.4 Å². The molecule has 1 saturated carbocycles. The molecule has 108 valence electrons. The van der Waals surface area contributed by atoms with E-state index in [4.69, 9.17) is 4.98 Å². The lowest BCUT2D eigenvalue weighted by Crippen LogP contribution is -2.29. The zero-order valence-electron chi connectivity index (χ0n) is 11.7. The lowest BCUT2D eigenvalue weighted by atomic mass is 10.1. The van der Waals surface area contributed by atoms with Crippen molar-refractivity contribution in [2.45, 2.75) is 31.9 Å². The van der Waals surface area contributed by atoms with E-state index in [1.165, 1.54) is 12.0 Å². The second kappa shape index (κ2) is 6.35. The van der Waals surface area contributed by atoms with Gasteiger partial charge in [0.1, 0.15) is 5.01 Å². The van der Waals surface area contributed by atoms with Gasteiger partial charge in [-0.05, 0) is 37.3 Å². The van der Waals surface area contributed by atoms with Crippen LogP contribution in [0.25, 0.3) is 10.6 Å². The summed E-state index contributed by atoms with van der Waals surface area (Å²) in [6.45, 7) is 1.83. The van der Waals surface area contributed by atoms with E-state index in [0.29, 0.717) is 5.92 Å². The van der Waals surface area contributed by atoms with Crippen LogP contribution >= 0.6 is 22.7 Å². The summed E-state index contributed by atoms with van der Waals surface area (Å²) in [5.74, 6) is 0.440. The Hall–Kier alpha value is -0.750. The molecule has 0 aromatic carbocycles. The summed E-state index contributed by atoms with van der Waals surface area (Å²) in [6.07, 6.45) is 3.19. The molecule has 0 bridgehead atoms. The highest BCUT2D eigenvalue weighted by Gasteiger charge is 2.26. The van der Waals surface area contributed by atoms with Crippen molar-refractivity contribution in [2.24, 2.45) is 5.92 Å². The minimum atomic E-state index is -0.103. The summed E-state index contributed by atoms with van der Waals surface area (Å²) >= 11 is 3.42. The average molecular weight is 308 g/mol. The van der Waals surface area contributed by atoms with Crippen LogP contribution in [0, 0.1) is 5.92 Å². The van der Waals surface area contributed by atoms with Crippen LogP contribution in [0.2, 0.25) is 0 Å². The van der Waals surface area contributed by atoms with Crippen molar-refractivity contribution in [3.8, 4) is 10.6 Å². The van der Waals surface area contributed by atoms with Crippen molar-refractivity contribution < 1.29 is 5.11 Å². The van der Waals surface area contributed by atoms with E-state index in [0.717, 1.165) is 36.6 Å². The minimum absolute atomic E-state index is 0.103. The average Bonchev–Trinajstić information content (AvgIpc) is 3.12. The van der Waals surface area contributed by atoms with Crippen LogP contribution in [-0.2, 0) is 6.54 Å². The standard InChI is InChI=1S/C15H20N2OS2/c1-17(7-11-3-2-4-14(11)18)8-13-10-20-15(16-13)12-5-6-19-9-12/h5-6,9-11,14,18H,2-4,7-8H2,1H3. The Kier molecular flexibility index (Phi) is 4.51. The zero-order valence-corrected chi connectivity index (χ0v) is 13.3. The number of thiazole rings is 1. The van der Waals surface area contributed by atoms with E-state index in [1.807, 2.05) is 0 Å². The van der Waals surface area contributed by atoms with E-state index >= 15 is 0 Å². The third kappa shape index (κ3) is 3.28. The van der Waals surface area contributed by atoms with Crippen molar-refractivity contribution in [1.82, 2.24) is 9.88 Å². The third-order valence-corrected chi connectivity index (χ3v) is 5.54. The summed E-state index contributed by atoms with van der Waals surface area (Å²) in [5, 5.41) is 17.4. The number of aromatic nitrogens is 1. The molecule has 3 nitrogen and oxygen atoms in total. The lowest BCUT2D eigenvalue weighted by molar-refractivity contribution is 0.107. The number of aliphatic hydroxyl groups excluding tert-OH is 1. The van der Waals surface area contributed by atoms with Gasteiger partial charge in [0.15, 0.2) is 0 Å². The fourth-order valence-corrected chi connectivity index (χ4v) is 4.39. The van der Waals surface area contributed by atoms with Crippen LogP contribution in [0.4, 0.5) is 0 Å². The molecule has 0 saturated heterocycles. The lowest BCUT2D eigenvalue weighted by Gasteiger charge is -2.22. The van der Waals surface area contributed by atoms with Crippen molar-refractivity contribution in [3.05, 3.63) is 27.9 Å². The van der Waals surface area contributed by atoms with Gasteiger partial charge < -0.3 is 10.0 Å². The third-order valence-electron chi connectivity index (χ3n) is 3.92. The molecule has 0 spiro atoms. The number of rotatable bonds is 5. The second-order valence-corrected chi connectivity index (χ2v) is 7.25. The monoisotopic (exact) mass is 308 g/mol. The van der Waals surface area contributed by atoms with Crippen molar-refractivity contribution in [3.63, 3.8) is 0 Å². The van der Waals surface area contributed by atoms with Crippen LogP contribution < -0.4 is 0 Å². The number of hydrogen-bond acceptors (Lipinski definition) is 5. The first-order chi connectivity index (χ1) is 9.72. The Morgan fingerprint density at radius 3 is 3.00 bits per heavy atom. The molecule has 0 radical (unpaired) electrons. The first-order valence-corrected chi connectivity index (χ1v) is 8.88. The van der Waals surface area contributed by atoms with Crippen LogP contribution in [0.1, 0.15) is 25.0 Å². The minimum Gasteiger partial charge on any atom is -0.393 e. The van der Waals surface area contributed by atoms with Crippen LogP contribution in [0.15, 0.2) is 22.2 Å². The fraction of sp³-hybridized carbons (Fsp3) is 0.533. The van der Waals surface area contributed by atoms with Crippen LogP contribution in [0.5, 0.6) is 0 Å². The van der Waals surface area contributed by atoms with Crippen molar-refractivity contribution in [1.29, 1.82) is 0 Å². The van der Waals surface area contributed by atoms with Gasteiger partial charge in [-0.2, -0.15) is 11.3 Å². The van der Waals surface area contributed by atoms with E-state index in [2.05, 4.69) is 34.2 Å². The maximum atomic E-state index is 9.89. The van der Waals surface area contributed by atoms with Gasteiger partial charge in [0.25, 0.3) is 0 Å². The van der Waals surface area contributed by atoms with Gasteiger partial charge >= 0.3 is 0 Å². The SMILES string of the molecule is CN(Cc1csc(-c2ccsc2)n1)CC1CCCC1O. The molecule has 1 fully saturated rings. The Morgan fingerprint density at radius 2 is 2.30 bits per heavy atom. The normalized spacial score (nSPS) is 22.8. The molecule has 3 rings (SSSR count). The fourth-order valence-electron chi connectivity index (χ4n) is 2.87. The molecule has 2 atom stereocenters. The van der Waals surface area contributed by atoms with Gasteiger partial charge in [0.05, 0.1) is 11.8 Å². The number of aliphatic hydroxyl groups is 1. The van der Waals surface area contributed by atoms with Gasteiger partial charge in [-0.1, -0.05) is 6.42 Å². The van der Waals surface area contributed by atoms with E-state index in [-0.39, 0.29) is 6.10 Å². The largest absolute Gasteiger partial charge is 0.393 e. The highest BCUT2D eigenvalue weighted by atomic mass is 32.1. The molecule has 2 unspecified atom stereocenters. The molecule has 2 heterocycles. The first kappa shape index (κ1) is 14.2. The highest BCUT2D eigenvalue weighted by Crippen LogP contribution is 2.28. The Balaban J connectivity index is 1.57. The Bertz CT molecular complexity index is 538. The summed E-state index contributed by atoms with van der Waals surface area (Å²) in [4.78, 5) is 6.99. The quantitative estimate of drug-likeness (QED) is 0.919. The summed E-state index contributed by atoms with van der Waals surface area (Å²) < 4.78 is 0. The molecule has 2 aromatic rings. The number of nitrogens with zero attached hydrogens (tertiary/aromatic N) is 2. The van der Waals surface area contributed by atoms with E-state index in [9.17, 15) is 5.11 Å². The Labute approximate surface area is 127 Å². The molecule has 5 heteroatoms. The molecule has 2 aromatic heterocycles. The maximum absolute atomic E-state index is 9.89. The summed E-state index contributed by atoms with van der Waals surface area (Å²) in [5.41, 5.74) is 2.35. The van der Waals surface area contributed by atoms with Crippen molar-refractivity contribution in [2.75, 3.05) is 13.6 Å². The second-order valence-electron chi connectivity index (χ2n) is 5.61. The van der Waals surface area contributed by atoms with E-state index < -0.39 is 0 Å². The zero-order chi connectivity index (χ0) is 13.9. The van der Waals surface area contributed by atoms with E-state index in [1.54, 1.807) is 22.7 Å². The number of thiophene rings is 1. The first-order valence-electron chi connectivity index (χ1n) is 7.06. The molecule has 0 aliphatic heterocycles. The smallest absolute Gasteiger partial charge is 0.124 e. The molecule has 0 amide bonds. The molecule has 20 heavy (non-hydrogen) atoms. The molecule has 1 aliphatic carbocycles. The summed E-state index contributed by atoms with van der Waals surface area (Å²) in [6, 6.07) is 2.12. The summed E-state index contributed by atoms with van der Waals surface area (Å²) in [7, 11) is 2.12. The Morgan fingerprint density at radius 1 is 1.40 bits per heavy atom. The van der Waals surface area contributed by atoms with Crippen LogP contribution in [0.3, 0.4) is 0 Å². The maximum Gasteiger partial charge on any atom is 0.124 e. The predicted molar refractivity (Wildman–Crippen MR) is 85.1 cm³/mol. The molecule has 1 N–H and O–H groups in total. The predicted octanol–water partition coefficient (Wildman–Crippen LogP) is 3.46. The van der Waals surface area contributed by atoms with Gasteiger partial charge in [-0.3, -0.25) is 0 Å². The van der Waals surface area contributed by atoms with Gasteiger partial charge in [-0.25, -0.2) is 4.98 Å².